The number of rotatable bonds is 9. The molecule has 20 heavy (non-hydrogen) atoms. The molecular weight excluding hydrogens is 316 g/mol. The van der Waals surface area contributed by atoms with Crippen LogP contribution < -0.4 is 5.32 Å². The van der Waals surface area contributed by atoms with Crippen LogP contribution >= 0.6 is 15.9 Å². The molecule has 0 radical (unpaired) electrons. The number of aliphatic hydroxyl groups excluding tert-OH is 1. The molecule has 1 unspecified atom stereocenters. The minimum absolute atomic E-state index is 0.223. The Balaban J connectivity index is 2.67. The highest BCUT2D eigenvalue weighted by Gasteiger charge is 2.14. The highest BCUT2D eigenvalue weighted by Crippen LogP contribution is 2.21. The summed E-state index contributed by atoms with van der Waals surface area (Å²) in [6.45, 7) is 9.41. The number of halogens is 1. The number of benzene rings is 1. The van der Waals surface area contributed by atoms with Crippen molar-refractivity contribution in [3.05, 3.63) is 34.3 Å². The van der Waals surface area contributed by atoms with Crippen molar-refractivity contribution < 1.29 is 5.11 Å². The molecule has 0 aromatic heterocycles. The fraction of sp³-hybridized carbons (Fsp3) is 0.625. The van der Waals surface area contributed by atoms with Crippen LogP contribution in [-0.2, 0) is 0 Å². The van der Waals surface area contributed by atoms with E-state index in [1.54, 1.807) is 0 Å². The van der Waals surface area contributed by atoms with Crippen molar-refractivity contribution >= 4 is 15.9 Å². The van der Waals surface area contributed by atoms with Crippen LogP contribution in [0.1, 0.15) is 38.8 Å². The van der Waals surface area contributed by atoms with E-state index in [9.17, 15) is 0 Å². The van der Waals surface area contributed by atoms with E-state index in [1.165, 1.54) is 5.56 Å². The van der Waals surface area contributed by atoms with E-state index in [2.05, 4.69) is 71.2 Å². The van der Waals surface area contributed by atoms with Crippen LogP contribution in [0.4, 0.5) is 0 Å². The number of hydrogen-bond donors (Lipinski definition) is 2. The summed E-state index contributed by atoms with van der Waals surface area (Å²) in [4.78, 5) is 2.32. The topological polar surface area (TPSA) is 35.5 Å². The van der Waals surface area contributed by atoms with Gasteiger partial charge < -0.3 is 10.4 Å². The van der Waals surface area contributed by atoms with Gasteiger partial charge in [0.15, 0.2) is 0 Å². The van der Waals surface area contributed by atoms with Gasteiger partial charge in [0.2, 0.25) is 0 Å². The van der Waals surface area contributed by atoms with Gasteiger partial charge >= 0.3 is 0 Å². The first-order valence-corrected chi connectivity index (χ1v) is 8.21. The minimum atomic E-state index is 0.223. The smallest absolute Gasteiger partial charge is 0.0558 e. The average Bonchev–Trinajstić information content (AvgIpc) is 2.41. The fourth-order valence-corrected chi connectivity index (χ4v) is 2.82. The predicted molar refractivity (Wildman–Crippen MR) is 89.0 cm³/mol. The summed E-state index contributed by atoms with van der Waals surface area (Å²) in [6.07, 6.45) is 1.04. The molecule has 0 aliphatic heterocycles. The minimum Gasteiger partial charge on any atom is -0.395 e. The Morgan fingerprint density at radius 2 is 2.05 bits per heavy atom. The maximum atomic E-state index is 9.14. The quantitative estimate of drug-likeness (QED) is 0.723. The van der Waals surface area contributed by atoms with E-state index in [0.29, 0.717) is 12.1 Å². The van der Waals surface area contributed by atoms with Crippen molar-refractivity contribution in [2.24, 2.45) is 0 Å². The van der Waals surface area contributed by atoms with Crippen LogP contribution in [0.2, 0.25) is 0 Å². The monoisotopic (exact) mass is 342 g/mol. The number of hydrogen-bond acceptors (Lipinski definition) is 3. The normalized spacial score (nSPS) is 13.2. The Kier molecular flexibility index (Phi) is 8.38. The molecule has 1 rings (SSSR count). The lowest BCUT2D eigenvalue weighted by Gasteiger charge is -2.28. The van der Waals surface area contributed by atoms with Crippen molar-refractivity contribution in [3.8, 4) is 0 Å². The van der Waals surface area contributed by atoms with Crippen molar-refractivity contribution in [3.63, 3.8) is 0 Å². The van der Waals surface area contributed by atoms with E-state index in [-0.39, 0.29) is 6.61 Å². The third-order valence-electron chi connectivity index (χ3n) is 3.52. The van der Waals surface area contributed by atoms with Crippen LogP contribution in [0, 0.1) is 0 Å². The third-order valence-corrected chi connectivity index (χ3v) is 4.02. The molecule has 0 saturated heterocycles. The molecule has 0 saturated carbocycles. The van der Waals surface area contributed by atoms with Crippen LogP contribution in [0.15, 0.2) is 28.7 Å². The van der Waals surface area contributed by atoms with Crippen LogP contribution in [0.5, 0.6) is 0 Å². The maximum absolute atomic E-state index is 9.14. The first-order chi connectivity index (χ1) is 9.58. The van der Waals surface area contributed by atoms with E-state index in [4.69, 9.17) is 5.11 Å². The van der Waals surface area contributed by atoms with Crippen LogP contribution in [0.3, 0.4) is 0 Å². The van der Waals surface area contributed by atoms with Crippen molar-refractivity contribution in [1.82, 2.24) is 10.2 Å². The lowest BCUT2D eigenvalue weighted by atomic mass is 10.0. The Morgan fingerprint density at radius 3 is 2.60 bits per heavy atom. The zero-order chi connectivity index (χ0) is 15.0. The molecular formula is C16H27BrN2O. The average molecular weight is 343 g/mol. The van der Waals surface area contributed by atoms with Gasteiger partial charge in [-0.3, -0.25) is 4.90 Å². The van der Waals surface area contributed by atoms with E-state index >= 15 is 0 Å². The zero-order valence-corrected chi connectivity index (χ0v) is 14.4. The molecule has 0 spiro atoms. The molecule has 0 aliphatic carbocycles. The number of nitrogens with one attached hydrogen (secondary N) is 1. The van der Waals surface area contributed by atoms with Gasteiger partial charge in [0.05, 0.1) is 6.61 Å². The molecule has 3 nitrogen and oxygen atoms in total. The Morgan fingerprint density at radius 1 is 1.30 bits per heavy atom. The predicted octanol–water partition coefficient (Wildman–Crippen LogP) is 3.19. The Labute approximate surface area is 131 Å². The van der Waals surface area contributed by atoms with Gasteiger partial charge in [-0.2, -0.15) is 0 Å². The highest BCUT2D eigenvalue weighted by molar-refractivity contribution is 9.10. The second-order valence-corrected chi connectivity index (χ2v) is 6.22. The first kappa shape index (κ1) is 17.6. The maximum Gasteiger partial charge on any atom is 0.0558 e. The zero-order valence-electron chi connectivity index (χ0n) is 12.8. The van der Waals surface area contributed by atoms with E-state index in [1.807, 2.05) is 0 Å². The Hall–Kier alpha value is -0.420. The second kappa shape index (κ2) is 9.50. The summed E-state index contributed by atoms with van der Waals surface area (Å²) < 4.78 is 1.12. The van der Waals surface area contributed by atoms with Crippen molar-refractivity contribution in [1.29, 1.82) is 0 Å². The molecule has 0 fully saturated rings. The molecule has 2 N–H and O–H groups in total. The molecule has 0 bridgehead atoms. The van der Waals surface area contributed by atoms with Gasteiger partial charge in [0, 0.05) is 29.6 Å². The van der Waals surface area contributed by atoms with Gasteiger partial charge in [-0.15, -0.1) is 0 Å². The van der Waals surface area contributed by atoms with Crippen molar-refractivity contribution in [2.45, 2.75) is 39.3 Å². The molecule has 0 heterocycles. The number of nitrogens with zero attached hydrogens (tertiary/aromatic N) is 1. The van der Waals surface area contributed by atoms with Crippen LogP contribution in [-0.4, -0.2) is 42.3 Å². The van der Waals surface area contributed by atoms with Crippen LogP contribution in [0.25, 0.3) is 0 Å². The van der Waals surface area contributed by atoms with E-state index < -0.39 is 0 Å². The molecule has 1 aromatic carbocycles. The molecule has 0 aliphatic rings. The lowest BCUT2D eigenvalue weighted by molar-refractivity contribution is 0.159. The van der Waals surface area contributed by atoms with Crippen molar-refractivity contribution in [2.75, 3.05) is 26.2 Å². The fourth-order valence-electron chi connectivity index (χ4n) is 2.41. The summed E-state index contributed by atoms with van der Waals surface area (Å²) in [7, 11) is 0. The number of aliphatic hydroxyl groups is 1. The van der Waals surface area contributed by atoms with Gasteiger partial charge in [-0.1, -0.05) is 35.0 Å². The molecule has 114 valence electrons. The standard InChI is InChI=1S/C16H27BrN2O/c1-4-18-16(14-6-5-7-15(17)12-14)8-9-19(10-11-20)13(2)3/h5-7,12-13,16,18,20H,4,8-11H2,1-3H3. The lowest BCUT2D eigenvalue weighted by Crippen LogP contribution is -2.36. The van der Waals surface area contributed by atoms with Gasteiger partial charge in [-0.05, 0) is 44.5 Å². The summed E-state index contributed by atoms with van der Waals surface area (Å²) >= 11 is 3.54. The van der Waals surface area contributed by atoms with Gasteiger partial charge in [0.25, 0.3) is 0 Å². The molecule has 1 aromatic rings. The molecule has 1 atom stereocenters. The third kappa shape index (κ3) is 5.92. The highest BCUT2D eigenvalue weighted by atomic mass is 79.9. The summed E-state index contributed by atoms with van der Waals surface area (Å²) in [5.41, 5.74) is 1.31. The van der Waals surface area contributed by atoms with E-state index in [0.717, 1.165) is 30.5 Å². The summed E-state index contributed by atoms with van der Waals surface area (Å²) in [6, 6.07) is 9.31. The molecule has 4 heteroatoms. The second-order valence-electron chi connectivity index (χ2n) is 5.31. The largest absolute Gasteiger partial charge is 0.395 e. The SMILES string of the molecule is CCNC(CCN(CCO)C(C)C)c1cccc(Br)c1. The Bertz CT molecular complexity index is 384. The summed E-state index contributed by atoms with van der Waals surface area (Å²) in [5.74, 6) is 0. The molecule has 0 amide bonds. The van der Waals surface area contributed by atoms with Gasteiger partial charge in [0.1, 0.15) is 0 Å². The summed E-state index contributed by atoms with van der Waals surface area (Å²) in [5, 5.41) is 12.7. The first-order valence-electron chi connectivity index (χ1n) is 7.42. The van der Waals surface area contributed by atoms with Gasteiger partial charge in [-0.25, -0.2) is 0 Å².